The molecule has 5 nitrogen and oxygen atoms in total. The predicted molar refractivity (Wildman–Crippen MR) is 93.2 cm³/mol. The molecule has 1 aromatic carbocycles. The first kappa shape index (κ1) is 18.6. The number of aliphatic hydroxyl groups excluding tert-OH is 1. The van der Waals surface area contributed by atoms with Gasteiger partial charge in [-0.2, -0.15) is 0 Å². The minimum absolute atomic E-state index is 0.0329. The van der Waals surface area contributed by atoms with E-state index in [0.717, 1.165) is 24.2 Å². The van der Waals surface area contributed by atoms with Crippen LogP contribution in [-0.2, 0) is 11.3 Å². The quantitative estimate of drug-likeness (QED) is 0.793. The third-order valence-corrected chi connectivity index (χ3v) is 4.77. The third-order valence-electron chi connectivity index (χ3n) is 4.77. The Morgan fingerprint density at radius 3 is 2.58 bits per heavy atom. The standard InChI is InChI=1S/C19H29NO4/c1-23-17-9-8-16(18(13-17)24-2)14-20(10-11-21)19(22)12-15-6-4-3-5-7-15/h8-9,13,15,21H,3-7,10-12,14H2,1-2H3. The zero-order chi connectivity index (χ0) is 17.4. The zero-order valence-corrected chi connectivity index (χ0v) is 14.8. The monoisotopic (exact) mass is 335 g/mol. The van der Waals surface area contributed by atoms with Crippen molar-refractivity contribution in [1.29, 1.82) is 0 Å². The van der Waals surface area contributed by atoms with Crippen LogP contribution in [0.25, 0.3) is 0 Å². The van der Waals surface area contributed by atoms with E-state index in [0.29, 0.717) is 31.2 Å². The van der Waals surface area contributed by atoms with E-state index in [4.69, 9.17) is 9.47 Å². The first-order valence-electron chi connectivity index (χ1n) is 8.77. The molecule has 0 radical (unpaired) electrons. The van der Waals surface area contributed by atoms with Gasteiger partial charge < -0.3 is 19.5 Å². The lowest BCUT2D eigenvalue weighted by Crippen LogP contribution is -2.34. The van der Waals surface area contributed by atoms with Gasteiger partial charge in [-0.15, -0.1) is 0 Å². The number of ether oxygens (including phenoxy) is 2. The molecule has 0 aromatic heterocycles. The summed E-state index contributed by atoms with van der Waals surface area (Å²) >= 11 is 0. The topological polar surface area (TPSA) is 59.0 Å². The van der Waals surface area contributed by atoms with Crippen LogP contribution in [0.3, 0.4) is 0 Å². The predicted octanol–water partition coefficient (Wildman–Crippen LogP) is 3.00. The Bertz CT molecular complexity index is 526. The lowest BCUT2D eigenvalue weighted by molar-refractivity contribution is -0.133. The molecule has 0 aliphatic heterocycles. The van der Waals surface area contributed by atoms with Crippen LogP contribution in [0, 0.1) is 5.92 Å². The second-order valence-electron chi connectivity index (χ2n) is 6.42. The third kappa shape index (κ3) is 5.13. The fourth-order valence-electron chi connectivity index (χ4n) is 3.37. The number of carbonyl (C=O) groups excluding carboxylic acids is 1. The molecule has 0 bridgehead atoms. The Kier molecular flexibility index (Phi) is 7.37. The summed E-state index contributed by atoms with van der Waals surface area (Å²) in [6.45, 7) is 0.759. The molecule has 2 rings (SSSR count). The van der Waals surface area contributed by atoms with Gasteiger partial charge in [0.2, 0.25) is 5.91 Å². The maximum absolute atomic E-state index is 12.7. The van der Waals surface area contributed by atoms with E-state index in [9.17, 15) is 9.90 Å². The molecule has 1 aliphatic carbocycles. The molecule has 24 heavy (non-hydrogen) atoms. The highest BCUT2D eigenvalue weighted by atomic mass is 16.5. The van der Waals surface area contributed by atoms with E-state index < -0.39 is 0 Å². The SMILES string of the molecule is COc1ccc(CN(CCO)C(=O)CC2CCCCC2)c(OC)c1. The van der Waals surface area contributed by atoms with E-state index in [1.165, 1.54) is 19.3 Å². The van der Waals surface area contributed by atoms with Gasteiger partial charge >= 0.3 is 0 Å². The lowest BCUT2D eigenvalue weighted by Gasteiger charge is -2.27. The van der Waals surface area contributed by atoms with Crippen molar-refractivity contribution in [2.24, 2.45) is 5.92 Å². The van der Waals surface area contributed by atoms with Gasteiger partial charge in [0.05, 0.1) is 20.8 Å². The van der Waals surface area contributed by atoms with Crippen molar-refractivity contribution in [3.8, 4) is 11.5 Å². The summed E-state index contributed by atoms with van der Waals surface area (Å²) < 4.78 is 10.6. The number of rotatable bonds is 8. The summed E-state index contributed by atoms with van der Waals surface area (Å²) in [6.07, 6.45) is 6.61. The Labute approximate surface area is 144 Å². The number of hydrogen-bond acceptors (Lipinski definition) is 4. The molecule has 0 heterocycles. The molecule has 0 spiro atoms. The van der Waals surface area contributed by atoms with Gasteiger partial charge in [0, 0.05) is 31.1 Å². The van der Waals surface area contributed by atoms with Crippen molar-refractivity contribution in [1.82, 2.24) is 4.90 Å². The van der Waals surface area contributed by atoms with Crippen LogP contribution >= 0.6 is 0 Å². The van der Waals surface area contributed by atoms with Crippen LogP contribution in [0.1, 0.15) is 44.1 Å². The lowest BCUT2D eigenvalue weighted by atomic mass is 9.86. The fraction of sp³-hybridized carbons (Fsp3) is 0.632. The highest BCUT2D eigenvalue weighted by molar-refractivity contribution is 5.76. The van der Waals surface area contributed by atoms with Crippen LogP contribution in [0.2, 0.25) is 0 Å². The number of hydrogen-bond donors (Lipinski definition) is 1. The van der Waals surface area contributed by atoms with E-state index in [-0.39, 0.29) is 12.5 Å². The molecule has 1 amide bonds. The van der Waals surface area contributed by atoms with Crippen LogP contribution in [-0.4, -0.2) is 43.3 Å². The maximum Gasteiger partial charge on any atom is 0.223 e. The zero-order valence-electron chi connectivity index (χ0n) is 14.8. The number of nitrogens with zero attached hydrogens (tertiary/aromatic N) is 1. The summed E-state index contributed by atoms with van der Waals surface area (Å²) in [5.74, 6) is 2.03. The Morgan fingerprint density at radius 2 is 1.96 bits per heavy atom. The highest BCUT2D eigenvalue weighted by Gasteiger charge is 2.22. The summed E-state index contributed by atoms with van der Waals surface area (Å²) in [7, 11) is 3.22. The summed E-state index contributed by atoms with van der Waals surface area (Å²) in [4.78, 5) is 14.4. The fourth-order valence-corrected chi connectivity index (χ4v) is 3.37. The Hall–Kier alpha value is -1.75. The molecule has 1 fully saturated rings. The number of carbonyl (C=O) groups is 1. The Balaban J connectivity index is 2.05. The van der Waals surface area contributed by atoms with E-state index >= 15 is 0 Å². The average Bonchev–Trinajstić information content (AvgIpc) is 2.62. The van der Waals surface area contributed by atoms with E-state index in [2.05, 4.69) is 0 Å². The minimum atomic E-state index is -0.0329. The van der Waals surface area contributed by atoms with Crippen molar-refractivity contribution in [2.75, 3.05) is 27.4 Å². The second kappa shape index (κ2) is 9.52. The summed E-state index contributed by atoms with van der Waals surface area (Å²) in [5.41, 5.74) is 0.920. The largest absolute Gasteiger partial charge is 0.497 e. The van der Waals surface area contributed by atoms with Crippen molar-refractivity contribution in [3.05, 3.63) is 23.8 Å². The van der Waals surface area contributed by atoms with Crippen LogP contribution in [0.4, 0.5) is 0 Å². The molecule has 1 aliphatic rings. The molecular formula is C19H29NO4. The molecule has 0 saturated heterocycles. The average molecular weight is 335 g/mol. The van der Waals surface area contributed by atoms with E-state index in [1.807, 2.05) is 18.2 Å². The van der Waals surface area contributed by atoms with Gasteiger partial charge in [-0.25, -0.2) is 0 Å². The van der Waals surface area contributed by atoms with Gasteiger partial charge in [-0.05, 0) is 30.9 Å². The molecule has 5 heteroatoms. The summed E-state index contributed by atoms with van der Waals surface area (Å²) in [6, 6.07) is 5.59. The molecular weight excluding hydrogens is 306 g/mol. The van der Waals surface area contributed by atoms with Gasteiger partial charge in [0.25, 0.3) is 0 Å². The molecule has 1 saturated carbocycles. The molecule has 134 valence electrons. The first-order chi connectivity index (χ1) is 11.7. The van der Waals surface area contributed by atoms with Crippen molar-refractivity contribution < 1.29 is 19.4 Å². The second-order valence-corrected chi connectivity index (χ2v) is 6.42. The van der Waals surface area contributed by atoms with Crippen LogP contribution < -0.4 is 9.47 Å². The van der Waals surface area contributed by atoms with Gasteiger partial charge in [0.15, 0.2) is 0 Å². The van der Waals surface area contributed by atoms with Crippen LogP contribution in [0.5, 0.6) is 11.5 Å². The number of methoxy groups -OCH3 is 2. The molecule has 0 atom stereocenters. The number of benzene rings is 1. The van der Waals surface area contributed by atoms with Crippen LogP contribution in [0.15, 0.2) is 18.2 Å². The number of amides is 1. The first-order valence-corrected chi connectivity index (χ1v) is 8.77. The highest BCUT2D eigenvalue weighted by Crippen LogP contribution is 2.29. The van der Waals surface area contributed by atoms with Gasteiger partial charge in [0.1, 0.15) is 11.5 Å². The Morgan fingerprint density at radius 1 is 1.21 bits per heavy atom. The normalized spacial score (nSPS) is 15.1. The van der Waals surface area contributed by atoms with Gasteiger partial charge in [-0.1, -0.05) is 19.3 Å². The van der Waals surface area contributed by atoms with Crippen molar-refractivity contribution >= 4 is 5.91 Å². The molecule has 1 aromatic rings. The van der Waals surface area contributed by atoms with Crippen molar-refractivity contribution in [2.45, 2.75) is 45.1 Å². The molecule has 1 N–H and O–H groups in total. The minimum Gasteiger partial charge on any atom is -0.497 e. The van der Waals surface area contributed by atoms with E-state index in [1.54, 1.807) is 19.1 Å². The smallest absolute Gasteiger partial charge is 0.223 e. The molecule has 0 unspecified atom stereocenters. The maximum atomic E-state index is 12.7. The van der Waals surface area contributed by atoms with Gasteiger partial charge in [-0.3, -0.25) is 4.79 Å². The van der Waals surface area contributed by atoms with Crippen molar-refractivity contribution in [3.63, 3.8) is 0 Å². The number of aliphatic hydroxyl groups is 1. The summed E-state index contributed by atoms with van der Waals surface area (Å²) in [5, 5.41) is 9.33.